The average molecular weight is 279 g/mol. The second-order valence-electron chi connectivity index (χ2n) is 4.41. The minimum absolute atomic E-state index is 1.13. The van der Waals surface area contributed by atoms with Crippen molar-refractivity contribution in [3.63, 3.8) is 0 Å². The van der Waals surface area contributed by atoms with Crippen LogP contribution >= 0.6 is 15.9 Å². The van der Waals surface area contributed by atoms with Gasteiger partial charge in [0.15, 0.2) is 0 Å². The molecule has 0 bridgehead atoms. The first-order valence-corrected chi connectivity index (χ1v) is 6.61. The molecule has 1 aromatic heterocycles. The molecule has 2 aromatic rings. The molecule has 0 saturated carbocycles. The summed E-state index contributed by atoms with van der Waals surface area (Å²) in [6.07, 6.45) is 2.50. The van der Waals surface area contributed by atoms with E-state index in [1.807, 2.05) is 0 Å². The van der Waals surface area contributed by atoms with Crippen molar-refractivity contribution in [3.05, 3.63) is 34.4 Å². The molecule has 0 amide bonds. The minimum Gasteiger partial charge on any atom is -0.349 e. The smallest absolute Gasteiger partial charge is 0.0863 e. The number of halogens is 1. The fraction of sp³-hybridized carbons (Fsp3) is 0.385. The fourth-order valence-corrected chi connectivity index (χ4v) is 2.91. The molecule has 1 saturated heterocycles. The Kier molecular flexibility index (Phi) is 2.74. The summed E-state index contributed by atoms with van der Waals surface area (Å²) in [6, 6.07) is 8.51. The number of hydrogen-bond donors (Lipinski definition) is 1. The van der Waals surface area contributed by atoms with E-state index in [4.69, 9.17) is 0 Å². The molecule has 1 aliphatic heterocycles. The zero-order chi connectivity index (χ0) is 11.0. The lowest BCUT2D eigenvalue weighted by Crippen LogP contribution is -2.38. The third kappa shape index (κ3) is 1.78. The van der Waals surface area contributed by atoms with Crippen LogP contribution in [-0.2, 0) is 6.42 Å². The van der Waals surface area contributed by atoms with Gasteiger partial charge in [-0.1, -0.05) is 18.2 Å². The Labute approximate surface area is 104 Å². The second kappa shape index (κ2) is 4.22. The molecule has 3 heteroatoms. The van der Waals surface area contributed by atoms with Crippen LogP contribution in [0.3, 0.4) is 0 Å². The number of fused-ring (bicyclic) bond motifs is 1. The second-order valence-corrected chi connectivity index (χ2v) is 5.20. The molecule has 1 fully saturated rings. The first-order chi connectivity index (χ1) is 7.84. The van der Waals surface area contributed by atoms with Crippen LogP contribution in [0.1, 0.15) is 12.0 Å². The normalized spacial score (nSPS) is 16.6. The number of likely N-dealkylation sites (tertiary alicyclic amines) is 1. The van der Waals surface area contributed by atoms with Gasteiger partial charge in [0, 0.05) is 17.4 Å². The molecule has 0 aliphatic carbocycles. The van der Waals surface area contributed by atoms with Gasteiger partial charge in [0.05, 0.1) is 4.60 Å². The molecular formula is C13H15BrN2. The van der Waals surface area contributed by atoms with E-state index in [0.717, 1.165) is 11.0 Å². The van der Waals surface area contributed by atoms with Crippen molar-refractivity contribution >= 4 is 26.8 Å². The number of nitrogens with one attached hydrogen (secondary N) is 1. The molecule has 0 unspecified atom stereocenters. The molecule has 0 atom stereocenters. The van der Waals surface area contributed by atoms with E-state index in [1.54, 1.807) is 0 Å². The highest BCUT2D eigenvalue weighted by molar-refractivity contribution is 9.10. The van der Waals surface area contributed by atoms with E-state index in [0.29, 0.717) is 0 Å². The Bertz CT molecular complexity index is 500. The molecule has 1 aliphatic rings. The van der Waals surface area contributed by atoms with Crippen LogP contribution in [0.15, 0.2) is 28.9 Å². The van der Waals surface area contributed by atoms with E-state index in [1.165, 1.54) is 42.5 Å². The maximum atomic E-state index is 3.63. The highest BCUT2D eigenvalue weighted by Gasteiger charge is 2.15. The number of para-hydroxylation sites is 1. The zero-order valence-corrected chi connectivity index (χ0v) is 10.8. The van der Waals surface area contributed by atoms with Crippen LogP contribution < -0.4 is 0 Å². The first kappa shape index (κ1) is 10.4. The predicted molar refractivity (Wildman–Crippen MR) is 70.8 cm³/mol. The molecule has 2 heterocycles. The van der Waals surface area contributed by atoms with Crippen LogP contribution in [0.2, 0.25) is 0 Å². The van der Waals surface area contributed by atoms with Gasteiger partial charge >= 0.3 is 0 Å². The maximum absolute atomic E-state index is 3.63. The number of rotatable bonds is 3. The third-order valence-electron chi connectivity index (χ3n) is 3.39. The standard InChI is InChI=1S/C13H15BrN2/c14-13-11(6-9-16-7-3-8-16)10-4-1-2-5-12(10)15-13/h1-2,4-5,15H,3,6-9H2. The van der Waals surface area contributed by atoms with Crippen LogP contribution in [0, 0.1) is 0 Å². The van der Waals surface area contributed by atoms with Gasteiger partial charge < -0.3 is 9.88 Å². The van der Waals surface area contributed by atoms with Crippen LogP contribution in [0.4, 0.5) is 0 Å². The lowest BCUT2D eigenvalue weighted by molar-refractivity contribution is 0.184. The summed E-state index contributed by atoms with van der Waals surface area (Å²) in [5.74, 6) is 0. The van der Waals surface area contributed by atoms with Gasteiger partial charge in [0.1, 0.15) is 0 Å². The lowest BCUT2D eigenvalue weighted by atomic mass is 10.1. The number of aromatic amines is 1. The van der Waals surface area contributed by atoms with Crippen molar-refractivity contribution in [3.8, 4) is 0 Å². The molecule has 16 heavy (non-hydrogen) atoms. The van der Waals surface area contributed by atoms with Crippen molar-refractivity contribution in [2.75, 3.05) is 19.6 Å². The van der Waals surface area contributed by atoms with Gasteiger partial charge in [0.25, 0.3) is 0 Å². The van der Waals surface area contributed by atoms with Crippen LogP contribution in [0.5, 0.6) is 0 Å². The van der Waals surface area contributed by atoms with Crippen molar-refractivity contribution in [2.24, 2.45) is 0 Å². The van der Waals surface area contributed by atoms with E-state index >= 15 is 0 Å². The maximum Gasteiger partial charge on any atom is 0.0863 e. The third-order valence-corrected chi connectivity index (χ3v) is 4.07. The van der Waals surface area contributed by atoms with Crippen molar-refractivity contribution in [1.82, 2.24) is 9.88 Å². The van der Waals surface area contributed by atoms with E-state index < -0.39 is 0 Å². The zero-order valence-electron chi connectivity index (χ0n) is 9.17. The molecular weight excluding hydrogens is 264 g/mol. The summed E-state index contributed by atoms with van der Waals surface area (Å²) in [5, 5.41) is 1.36. The quantitative estimate of drug-likeness (QED) is 0.914. The summed E-state index contributed by atoms with van der Waals surface area (Å²) in [4.78, 5) is 5.89. The number of H-pyrrole nitrogens is 1. The monoisotopic (exact) mass is 278 g/mol. The summed E-state index contributed by atoms with van der Waals surface area (Å²) in [5.41, 5.74) is 2.65. The highest BCUT2D eigenvalue weighted by atomic mass is 79.9. The summed E-state index contributed by atoms with van der Waals surface area (Å²) in [7, 11) is 0. The van der Waals surface area contributed by atoms with Gasteiger partial charge in [-0.3, -0.25) is 0 Å². The topological polar surface area (TPSA) is 19.0 Å². The molecule has 1 N–H and O–H groups in total. The first-order valence-electron chi connectivity index (χ1n) is 5.82. The molecule has 84 valence electrons. The Morgan fingerprint density at radius 3 is 2.81 bits per heavy atom. The SMILES string of the molecule is Brc1[nH]c2ccccc2c1CCN1CCC1. The van der Waals surface area contributed by atoms with Crippen molar-refractivity contribution in [2.45, 2.75) is 12.8 Å². The van der Waals surface area contributed by atoms with Gasteiger partial charge in [-0.25, -0.2) is 0 Å². The van der Waals surface area contributed by atoms with E-state index in [2.05, 4.69) is 50.1 Å². The fourth-order valence-electron chi connectivity index (χ4n) is 2.29. The Morgan fingerprint density at radius 2 is 2.06 bits per heavy atom. The molecule has 3 rings (SSSR count). The number of hydrogen-bond acceptors (Lipinski definition) is 1. The Morgan fingerprint density at radius 1 is 1.25 bits per heavy atom. The predicted octanol–water partition coefficient (Wildman–Crippen LogP) is 3.18. The number of benzene rings is 1. The van der Waals surface area contributed by atoms with E-state index in [-0.39, 0.29) is 0 Å². The number of aromatic nitrogens is 1. The van der Waals surface area contributed by atoms with Gasteiger partial charge in [0.2, 0.25) is 0 Å². The average Bonchev–Trinajstić information content (AvgIpc) is 2.53. The minimum atomic E-state index is 1.13. The molecule has 0 spiro atoms. The lowest BCUT2D eigenvalue weighted by Gasteiger charge is -2.30. The van der Waals surface area contributed by atoms with E-state index in [9.17, 15) is 0 Å². The van der Waals surface area contributed by atoms with Crippen molar-refractivity contribution < 1.29 is 0 Å². The molecule has 0 radical (unpaired) electrons. The van der Waals surface area contributed by atoms with Crippen LogP contribution in [0.25, 0.3) is 10.9 Å². The summed E-state index contributed by atoms with van der Waals surface area (Å²) < 4.78 is 1.15. The largest absolute Gasteiger partial charge is 0.349 e. The molecule has 1 aromatic carbocycles. The Hall–Kier alpha value is -0.800. The van der Waals surface area contributed by atoms with Gasteiger partial charge in [-0.05, 0) is 53.5 Å². The van der Waals surface area contributed by atoms with Gasteiger partial charge in [-0.15, -0.1) is 0 Å². The number of nitrogens with zero attached hydrogens (tertiary/aromatic N) is 1. The van der Waals surface area contributed by atoms with Crippen LogP contribution in [-0.4, -0.2) is 29.5 Å². The van der Waals surface area contributed by atoms with Crippen molar-refractivity contribution in [1.29, 1.82) is 0 Å². The molecule has 2 nitrogen and oxygen atoms in total. The summed E-state index contributed by atoms with van der Waals surface area (Å²) in [6.45, 7) is 3.74. The van der Waals surface area contributed by atoms with Gasteiger partial charge in [-0.2, -0.15) is 0 Å². The summed E-state index contributed by atoms with van der Waals surface area (Å²) >= 11 is 3.63. The highest BCUT2D eigenvalue weighted by Crippen LogP contribution is 2.27. The Balaban J connectivity index is 1.86.